The predicted molar refractivity (Wildman–Crippen MR) is 88.1 cm³/mol. The van der Waals surface area contributed by atoms with Crippen molar-refractivity contribution >= 4 is 20.9 Å². The number of rotatable bonds is 2. The molecule has 0 aliphatic heterocycles. The van der Waals surface area contributed by atoms with E-state index in [-0.39, 0.29) is 16.5 Å². The Balaban J connectivity index is 2.53. The predicted octanol–water partition coefficient (Wildman–Crippen LogP) is 1.79. The number of nitrogens with two attached hydrogens (primary N) is 1. The third-order valence-electron chi connectivity index (χ3n) is 3.80. The number of halogens is 1. The maximum Gasteiger partial charge on any atom is 0.266 e. The molecule has 0 bridgehead atoms. The first-order valence-electron chi connectivity index (χ1n) is 7.02. The van der Waals surface area contributed by atoms with Crippen LogP contribution >= 0.6 is 0 Å². The fraction of sp³-hybridized carbons (Fsp3) is 0.125. The van der Waals surface area contributed by atoms with Crippen LogP contribution in [-0.4, -0.2) is 18.0 Å². The molecular formula is C16H14FN3O3S. The number of aromatic nitrogens is 2. The van der Waals surface area contributed by atoms with Gasteiger partial charge in [-0.3, -0.25) is 9.36 Å². The Labute approximate surface area is 137 Å². The molecule has 0 aliphatic carbocycles. The zero-order valence-corrected chi connectivity index (χ0v) is 13.8. The number of benzene rings is 2. The van der Waals surface area contributed by atoms with Gasteiger partial charge in [0.15, 0.2) is 5.82 Å². The van der Waals surface area contributed by atoms with Gasteiger partial charge in [-0.25, -0.2) is 22.9 Å². The summed E-state index contributed by atoms with van der Waals surface area (Å²) >= 11 is 0. The molecule has 2 aromatic carbocycles. The van der Waals surface area contributed by atoms with Gasteiger partial charge >= 0.3 is 0 Å². The molecule has 0 aliphatic rings. The lowest BCUT2D eigenvalue weighted by molar-refractivity contribution is 0.593. The number of nitrogens with zero attached hydrogens (tertiary/aromatic N) is 2. The molecule has 0 radical (unpaired) electrons. The Morgan fingerprint density at radius 2 is 1.79 bits per heavy atom. The molecule has 0 fully saturated rings. The normalized spacial score (nSPS) is 11.8. The molecular weight excluding hydrogens is 333 g/mol. The van der Waals surface area contributed by atoms with Gasteiger partial charge in [0, 0.05) is 0 Å². The molecule has 2 N–H and O–H groups in total. The first kappa shape index (κ1) is 16.3. The van der Waals surface area contributed by atoms with Crippen LogP contribution in [-0.2, 0) is 10.0 Å². The van der Waals surface area contributed by atoms with E-state index in [1.807, 2.05) is 0 Å². The van der Waals surface area contributed by atoms with Crippen LogP contribution in [0.25, 0.3) is 16.6 Å². The van der Waals surface area contributed by atoms with Crippen molar-refractivity contribution in [2.45, 2.75) is 18.7 Å². The number of sulfonamides is 1. The topological polar surface area (TPSA) is 95.1 Å². The zero-order chi connectivity index (χ0) is 17.6. The summed E-state index contributed by atoms with van der Waals surface area (Å²) in [6.45, 7) is 2.99. The molecule has 0 saturated heterocycles. The van der Waals surface area contributed by atoms with Crippen LogP contribution in [0.4, 0.5) is 4.39 Å². The smallest absolute Gasteiger partial charge is 0.266 e. The summed E-state index contributed by atoms with van der Waals surface area (Å²) in [5.74, 6) is -0.611. The summed E-state index contributed by atoms with van der Waals surface area (Å²) in [6.07, 6.45) is 0. The molecule has 0 unspecified atom stereocenters. The quantitative estimate of drug-likeness (QED) is 0.764. The van der Waals surface area contributed by atoms with Gasteiger partial charge in [-0.2, -0.15) is 0 Å². The summed E-state index contributed by atoms with van der Waals surface area (Å²) in [7, 11) is -4.17. The van der Waals surface area contributed by atoms with Crippen molar-refractivity contribution in [2.75, 3.05) is 0 Å². The Morgan fingerprint density at radius 1 is 1.17 bits per heavy atom. The number of hydrogen-bond donors (Lipinski definition) is 1. The highest BCUT2D eigenvalue weighted by atomic mass is 32.2. The van der Waals surface area contributed by atoms with Crippen molar-refractivity contribution in [1.29, 1.82) is 0 Å². The fourth-order valence-electron chi connectivity index (χ4n) is 2.73. The van der Waals surface area contributed by atoms with Crippen molar-refractivity contribution in [1.82, 2.24) is 9.55 Å². The standard InChI is InChI=1S/C16H14FN3O3S/c1-9-13(24(18,22)23)8-12(17)15-14(9)16(21)20(10(2)19-15)11-6-4-3-5-7-11/h3-8H,1-2H3,(H2,18,22,23). The summed E-state index contributed by atoms with van der Waals surface area (Å²) in [5.41, 5.74) is -0.0912. The average molecular weight is 347 g/mol. The lowest BCUT2D eigenvalue weighted by atomic mass is 10.1. The molecule has 3 aromatic rings. The molecule has 0 amide bonds. The molecule has 0 saturated carbocycles. The van der Waals surface area contributed by atoms with Crippen molar-refractivity contribution in [3.63, 3.8) is 0 Å². The van der Waals surface area contributed by atoms with Crippen LogP contribution in [0.5, 0.6) is 0 Å². The number of primary sulfonamides is 1. The molecule has 1 heterocycles. The van der Waals surface area contributed by atoms with E-state index >= 15 is 0 Å². The van der Waals surface area contributed by atoms with Gasteiger partial charge in [0.2, 0.25) is 10.0 Å². The summed E-state index contributed by atoms with van der Waals surface area (Å²) in [5, 5.41) is 5.02. The van der Waals surface area contributed by atoms with Crippen LogP contribution in [0, 0.1) is 19.7 Å². The zero-order valence-electron chi connectivity index (χ0n) is 12.9. The SMILES string of the molecule is Cc1c(S(N)(=O)=O)cc(F)c2nc(C)n(-c3ccccc3)c(=O)c12. The average Bonchev–Trinajstić information content (AvgIpc) is 2.50. The first-order chi connectivity index (χ1) is 11.2. The third-order valence-corrected chi connectivity index (χ3v) is 4.84. The van der Waals surface area contributed by atoms with Gasteiger partial charge in [0.05, 0.1) is 16.0 Å². The summed E-state index contributed by atoms with van der Waals surface area (Å²) < 4.78 is 39.0. The highest BCUT2D eigenvalue weighted by molar-refractivity contribution is 7.89. The molecule has 124 valence electrons. The maximum atomic E-state index is 14.3. The fourth-order valence-corrected chi connectivity index (χ4v) is 3.53. The van der Waals surface area contributed by atoms with Crippen LogP contribution < -0.4 is 10.7 Å². The van der Waals surface area contributed by atoms with E-state index in [0.717, 1.165) is 6.07 Å². The molecule has 1 aromatic heterocycles. The van der Waals surface area contributed by atoms with E-state index in [1.165, 1.54) is 11.5 Å². The Morgan fingerprint density at radius 3 is 2.38 bits per heavy atom. The summed E-state index contributed by atoms with van der Waals surface area (Å²) in [6, 6.07) is 9.50. The Hall–Kier alpha value is -2.58. The van der Waals surface area contributed by atoms with Crippen molar-refractivity contribution in [3.8, 4) is 5.69 Å². The second-order valence-corrected chi connectivity index (χ2v) is 6.92. The summed E-state index contributed by atoms with van der Waals surface area (Å²) in [4.78, 5) is 16.6. The van der Waals surface area contributed by atoms with Crippen LogP contribution in [0.2, 0.25) is 0 Å². The lowest BCUT2D eigenvalue weighted by Gasteiger charge is -2.14. The van der Waals surface area contributed by atoms with E-state index in [4.69, 9.17) is 5.14 Å². The molecule has 24 heavy (non-hydrogen) atoms. The molecule has 3 rings (SSSR count). The van der Waals surface area contributed by atoms with Crippen LogP contribution in [0.3, 0.4) is 0 Å². The van der Waals surface area contributed by atoms with E-state index < -0.39 is 26.3 Å². The monoisotopic (exact) mass is 347 g/mol. The van der Waals surface area contributed by atoms with Gasteiger partial charge in [-0.05, 0) is 37.6 Å². The number of hydrogen-bond acceptors (Lipinski definition) is 4. The van der Waals surface area contributed by atoms with E-state index in [9.17, 15) is 17.6 Å². The van der Waals surface area contributed by atoms with Gasteiger partial charge in [-0.15, -0.1) is 0 Å². The highest BCUT2D eigenvalue weighted by Crippen LogP contribution is 2.24. The van der Waals surface area contributed by atoms with E-state index in [1.54, 1.807) is 37.3 Å². The largest absolute Gasteiger partial charge is 0.268 e. The molecule has 0 atom stereocenters. The third kappa shape index (κ3) is 2.49. The Bertz CT molecular complexity index is 1120. The Kier molecular flexibility index (Phi) is 3.73. The van der Waals surface area contributed by atoms with Gasteiger partial charge in [0.25, 0.3) is 5.56 Å². The molecule has 0 spiro atoms. The van der Waals surface area contributed by atoms with E-state index in [2.05, 4.69) is 4.98 Å². The maximum absolute atomic E-state index is 14.3. The van der Waals surface area contributed by atoms with Gasteiger partial charge < -0.3 is 0 Å². The minimum Gasteiger partial charge on any atom is -0.268 e. The van der Waals surface area contributed by atoms with Crippen molar-refractivity contribution in [2.24, 2.45) is 5.14 Å². The van der Waals surface area contributed by atoms with E-state index in [0.29, 0.717) is 11.5 Å². The van der Waals surface area contributed by atoms with Gasteiger partial charge in [-0.1, -0.05) is 18.2 Å². The second-order valence-electron chi connectivity index (χ2n) is 5.39. The molecule has 6 nitrogen and oxygen atoms in total. The number of aryl methyl sites for hydroxylation is 2. The first-order valence-corrected chi connectivity index (χ1v) is 8.57. The van der Waals surface area contributed by atoms with Crippen molar-refractivity contribution < 1.29 is 12.8 Å². The van der Waals surface area contributed by atoms with Gasteiger partial charge in [0.1, 0.15) is 11.3 Å². The highest BCUT2D eigenvalue weighted by Gasteiger charge is 2.22. The van der Waals surface area contributed by atoms with Crippen molar-refractivity contribution in [3.05, 3.63) is 64.0 Å². The van der Waals surface area contributed by atoms with Crippen LogP contribution in [0.1, 0.15) is 11.4 Å². The molecule has 8 heteroatoms. The lowest BCUT2D eigenvalue weighted by Crippen LogP contribution is -2.24. The second kappa shape index (κ2) is 5.50. The number of para-hydroxylation sites is 1. The van der Waals surface area contributed by atoms with Crippen LogP contribution in [0.15, 0.2) is 46.1 Å². The number of fused-ring (bicyclic) bond motifs is 1. The minimum absolute atomic E-state index is 0.0797. The minimum atomic E-state index is -4.17.